The van der Waals surface area contributed by atoms with Gasteiger partial charge in [-0.05, 0) is 18.2 Å². The van der Waals surface area contributed by atoms with Crippen molar-refractivity contribution in [1.82, 2.24) is 24.9 Å². The van der Waals surface area contributed by atoms with Gasteiger partial charge in [0.2, 0.25) is 0 Å². The fourth-order valence-electron chi connectivity index (χ4n) is 4.63. The van der Waals surface area contributed by atoms with Crippen LogP contribution in [0, 0.1) is 0 Å². The quantitative estimate of drug-likeness (QED) is 0.239. The van der Waals surface area contributed by atoms with Crippen molar-refractivity contribution in [2.45, 2.75) is 0 Å². The molecule has 0 aliphatic rings. The van der Waals surface area contributed by atoms with Crippen molar-refractivity contribution in [2.75, 3.05) is 0 Å². The summed E-state index contributed by atoms with van der Waals surface area (Å²) in [7, 11) is 0. The highest BCUT2D eigenvalue weighted by Crippen LogP contribution is 2.29. The number of hydrogen-bond acceptors (Lipinski definition) is 5. The molecule has 0 fully saturated rings. The Hall–Kier alpha value is -5.29. The van der Waals surface area contributed by atoms with Crippen LogP contribution in [0.2, 0.25) is 0 Å². The second-order valence-electron chi connectivity index (χ2n) is 9.03. The standard InChI is InChI=1S/C33H21N5/c1-3-10-22(11-4-1)31-36-32(23-12-5-2-6-13-23)38-33(37-31)25-16-9-15-24(20-25)28-18-19-29-30(35-28)27-17-8-7-14-26(27)21-34-29/h1-21H. The van der Waals surface area contributed by atoms with Gasteiger partial charge in [0.05, 0.1) is 16.7 Å². The van der Waals surface area contributed by atoms with Crippen LogP contribution in [-0.2, 0) is 0 Å². The van der Waals surface area contributed by atoms with E-state index in [1.807, 2.05) is 103 Å². The molecule has 3 aromatic heterocycles. The van der Waals surface area contributed by atoms with Gasteiger partial charge >= 0.3 is 0 Å². The number of fused-ring (bicyclic) bond motifs is 3. The van der Waals surface area contributed by atoms with Gasteiger partial charge in [0.15, 0.2) is 17.5 Å². The summed E-state index contributed by atoms with van der Waals surface area (Å²) in [4.78, 5) is 24.2. The van der Waals surface area contributed by atoms with Crippen LogP contribution in [-0.4, -0.2) is 24.9 Å². The van der Waals surface area contributed by atoms with E-state index in [9.17, 15) is 0 Å². The maximum Gasteiger partial charge on any atom is 0.164 e. The molecule has 0 atom stereocenters. The third-order valence-electron chi connectivity index (χ3n) is 6.55. The van der Waals surface area contributed by atoms with Gasteiger partial charge in [-0.25, -0.2) is 19.9 Å². The minimum absolute atomic E-state index is 0.618. The average Bonchev–Trinajstić information content (AvgIpc) is 3.01. The molecule has 0 amide bonds. The normalized spacial score (nSPS) is 11.2. The second kappa shape index (κ2) is 9.30. The summed E-state index contributed by atoms with van der Waals surface area (Å²) < 4.78 is 0. The van der Waals surface area contributed by atoms with Crippen LogP contribution in [0.4, 0.5) is 0 Å². The molecule has 178 valence electrons. The minimum Gasteiger partial charge on any atom is -0.254 e. The Labute approximate surface area is 219 Å². The van der Waals surface area contributed by atoms with Gasteiger partial charge < -0.3 is 0 Å². The van der Waals surface area contributed by atoms with Gasteiger partial charge in [-0.3, -0.25) is 4.98 Å². The van der Waals surface area contributed by atoms with Crippen LogP contribution in [0.25, 0.3) is 67.2 Å². The van der Waals surface area contributed by atoms with Crippen LogP contribution < -0.4 is 0 Å². The van der Waals surface area contributed by atoms with Gasteiger partial charge in [0.25, 0.3) is 0 Å². The number of pyridine rings is 2. The molecule has 7 rings (SSSR count). The zero-order valence-corrected chi connectivity index (χ0v) is 20.4. The molecular formula is C33H21N5. The molecule has 0 aliphatic carbocycles. The van der Waals surface area contributed by atoms with Gasteiger partial charge in [0, 0.05) is 39.2 Å². The van der Waals surface area contributed by atoms with Crippen molar-refractivity contribution in [3.05, 3.63) is 128 Å². The van der Waals surface area contributed by atoms with E-state index in [1.165, 1.54) is 0 Å². The van der Waals surface area contributed by atoms with E-state index in [1.54, 1.807) is 0 Å². The highest BCUT2D eigenvalue weighted by atomic mass is 15.0. The number of rotatable bonds is 4. The molecule has 7 aromatic rings. The lowest BCUT2D eigenvalue weighted by atomic mass is 10.1. The average molecular weight is 488 g/mol. The maximum atomic E-state index is 5.02. The summed E-state index contributed by atoms with van der Waals surface area (Å²) in [6.07, 6.45) is 1.90. The number of hydrogen-bond donors (Lipinski definition) is 0. The van der Waals surface area contributed by atoms with Crippen molar-refractivity contribution < 1.29 is 0 Å². The van der Waals surface area contributed by atoms with Crippen molar-refractivity contribution in [3.8, 4) is 45.4 Å². The zero-order valence-electron chi connectivity index (χ0n) is 20.4. The minimum atomic E-state index is 0.618. The number of nitrogens with zero attached hydrogens (tertiary/aromatic N) is 5. The summed E-state index contributed by atoms with van der Waals surface area (Å²) >= 11 is 0. The predicted molar refractivity (Wildman–Crippen MR) is 152 cm³/mol. The smallest absolute Gasteiger partial charge is 0.164 e. The summed E-state index contributed by atoms with van der Waals surface area (Å²) in [6.45, 7) is 0. The summed E-state index contributed by atoms with van der Waals surface area (Å²) in [5, 5.41) is 2.17. The first-order valence-corrected chi connectivity index (χ1v) is 12.4. The van der Waals surface area contributed by atoms with E-state index in [0.717, 1.165) is 49.8 Å². The molecule has 0 radical (unpaired) electrons. The highest BCUT2D eigenvalue weighted by molar-refractivity contribution is 6.03. The van der Waals surface area contributed by atoms with Crippen LogP contribution >= 0.6 is 0 Å². The van der Waals surface area contributed by atoms with E-state index in [4.69, 9.17) is 19.9 Å². The van der Waals surface area contributed by atoms with Crippen molar-refractivity contribution >= 4 is 21.8 Å². The van der Waals surface area contributed by atoms with Crippen LogP contribution in [0.15, 0.2) is 128 Å². The Kier molecular flexibility index (Phi) is 5.37. The van der Waals surface area contributed by atoms with Gasteiger partial charge in [0.1, 0.15) is 0 Å². The molecule has 3 heterocycles. The Morgan fingerprint density at radius 1 is 0.421 bits per heavy atom. The fraction of sp³-hybridized carbons (Fsp3) is 0. The van der Waals surface area contributed by atoms with E-state index < -0.39 is 0 Å². The Bertz CT molecular complexity index is 1860. The lowest BCUT2D eigenvalue weighted by molar-refractivity contribution is 1.07. The van der Waals surface area contributed by atoms with Crippen molar-refractivity contribution in [2.24, 2.45) is 0 Å². The third-order valence-corrected chi connectivity index (χ3v) is 6.55. The largest absolute Gasteiger partial charge is 0.254 e. The van der Waals surface area contributed by atoms with Gasteiger partial charge in [-0.1, -0.05) is 103 Å². The molecular weight excluding hydrogens is 466 g/mol. The molecule has 0 spiro atoms. The van der Waals surface area contributed by atoms with E-state index in [0.29, 0.717) is 17.5 Å². The third kappa shape index (κ3) is 4.06. The molecule has 5 heteroatoms. The monoisotopic (exact) mass is 487 g/mol. The highest BCUT2D eigenvalue weighted by Gasteiger charge is 2.13. The molecule has 0 bridgehead atoms. The Morgan fingerprint density at radius 2 is 1.00 bits per heavy atom. The lowest BCUT2D eigenvalue weighted by Crippen LogP contribution is -2.00. The molecule has 0 saturated carbocycles. The molecule has 0 aliphatic heterocycles. The molecule has 0 unspecified atom stereocenters. The van der Waals surface area contributed by atoms with Gasteiger partial charge in [-0.15, -0.1) is 0 Å². The van der Waals surface area contributed by atoms with E-state index >= 15 is 0 Å². The number of benzene rings is 4. The predicted octanol–water partition coefficient (Wildman–Crippen LogP) is 7.64. The summed E-state index contributed by atoms with van der Waals surface area (Å²) in [5.74, 6) is 1.90. The SMILES string of the molecule is c1ccc(-c2nc(-c3ccccc3)nc(-c3cccc(-c4ccc5ncc6ccccc6c5n4)c3)n2)cc1. The molecule has 0 N–H and O–H groups in total. The lowest BCUT2D eigenvalue weighted by Gasteiger charge is -2.10. The van der Waals surface area contributed by atoms with Crippen LogP contribution in [0.3, 0.4) is 0 Å². The van der Waals surface area contributed by atoms with Crippen molar-refractivity contribution in [3.63, 3.8) is 0 Å². The second-order valence-corrected chi connectivity index (χ2v) is 9.03. The maximum absolute atomic E-state index is 5.02. The number of aromatic nitrogens is 5. The zero-order chi connectivity index (χ0) is 25.3. The summed E-state index contributed by atoms with van der Waals surface area (Å²) in [6, 6.07) is 40.5. The molecule has 0 saturated heterocycles. The molecule has 5 nitrogen and oxygen atoms in total. The summed E-state index contributed by atoms with van der Waals surface area (Å²) in [5.41, 5.74) is 6.42. The molecule has 4 aromatic carbocycles. The van der Waals surface area contributed by atoms with Crippen molar-refractivity contribution in [1.29, 1.82) is 0 Å². The Morgan fingerprint density at radius 3 is 1.71 bits per heavy atom. The van der Waals surface area contributed by atoms with Crippen LogP contribution in [0.5, 0.6) is 0 Å². The first-order valence-electron chi connectivity index (χ1n) is 12.4. The Balaban J connectivity index is 1.37. The van der Waals surface area contributed by atoms with Gasteiger partial charge in [-0.2, -0.15) is 0 Å². The van der Waals surface area contributed by atoms with E-state index in [-0.39, 0.29) is 0 Å². The van der Waals surface area contributed by atoms with Crippen LogP contribution in [0.1, 0.15) is 0 Å². The topological polar surface area (TPSA) is 64.5 Å². The fourth-order valence-corrected chi connectivity index (χ4v) is 4.63. The first kappa shape index (κ1) is 21.9. The first-order chi connectivity index (χ1) is 18.8. The van der Waals surface area contributed by atoms with E-state index in [2.05, 4.69) is 29.2 Å². The molecule has 38 heavy (non-hydrogen) atoms.